The van der Waals surface area contributed by atoms with Crippen LogP contribution in [0, 0.1) is 6.92 Å². The maximum atomic E-state index is 13.0. The zero-order chi connectivity index (χ0) is 23.0. The van der Waals surface area contributed by atoms with Crippen LogP contribution in [0.1, 0.15) is 40.1 Å². The Labute approximate surface area is 177 Å². The van der Waals surface area contributed by atoms with Gasteiger partial charge in [-0.25, -0.2) is 13.1 Å². The van der Waals surface area contributed by atoms with Crippen LogP contribution in [-0.4, -0.2) is 30.4 Å². The van der Waals surface area contributed by atoms with Crippen LogP contribution in [0.25, 0.3) is 5.69 Å². The first kappa shape index (κ1) is 22.5. The van der Waals surface area contributed by atoms with Crippen LogP contribution >= 0.6 is 0 Å². The predicted octanol–water partition coefficient (Wildman–Crippen LogP) is 4.09. The Morgan fingerprint density at radius 2 is 1.77 bits per heavy atom. The van der Waals surface area contributed by atoms with Crippen LogP contribution in [-0.2, 0) is 16.0 Å². The highest BCUT2D eigenvalue weighted by atomic mass is 32.2. The molecule has 1 heterocycles. The van der Waals surface area contributed by atoms with Gasteiger partial charge >= 0.3 is 6.18 Å². The third kappa shape index (κ3) is 4.96. The van der Waals surface area contributed by atoms with Gasteiger partial charge in [0.25, 0.3) is 5.91 Å². The summed E-state index contributed by atoms with van der Waals surface area (Å²) in [6.07, 6.45) is -1.89. The quantitative estimate of drug-likeness (QED) is 0.634. The third-order valence-corrected chi connectivity index (χ3v) is 5.95. The first-order chi connectivity index (χ1) is 14.4. The minimum absolute atomic E-state index is 0.107. The van der Waals surface area contributed by atoms with E-state index in [2.05, 4.69) is 10.4 Å². The number of sulfone groups is 1. The molecule has 31 heavy (non-hydrogen) atoms. The average Bonchev–Trinajstić information content (AvgIpc) is 3.08. The van der Waals surface area contributed by atoms with Gasteiger partial charge in [-0.15, -0.1) is 0 Å². The summed E-state index contributed by atoms with van der Waals surface area (Å²) in [5.74, 6) is -0.418. The second-order valence-electron chi connectivity index (χ2n) is 7.14. The molecular weight excluding hydrogens is 431 g/mol. The fraction of sp³-hybridized carbons (Fsp3) is 0.238. The monoisotopic (exact) mass is 451 g/mol. The van der Waals surface area contributed by atoms with E-state index in [1.165, 1.54) is 47.3 Å². The summed E-state index contributed by atoms with van der Waals surface area (Å²) in [5, 5.41) is 6.97. The molecule has 1 atom stereocenters. The Morgan fingerprint density at radius 3 is 2.35 bits per heavy atom. The molecule has 10 heteroatoms. The van der Waals surface area contributed by atoms with Crippen molar-refractivity contribution in [1.82, 2.24) is 15.1 Å². The normalized spacial score (nSPS) is 13.1. The van der Waals surface area contributed by atoms with E-state index in [0.717, 1.165) is 18.4 Å². The van der Waals surface area contributed by atoms with E-state index < -0.39 is 33.5 Å². The van der Waals surface area contributed by atoms with E-state index >= 15 is 0 Å². The molecular formula is C21H20F3N3O3S. The number of carbonyl (C=O) groups is 1. The summed E-state index contributed by atoms with van der Waals surface area (Å²) >= 11 is 0. The molecule has 1 unspecified atom stereocenters. The van der Waals surface area contributed by atoms with E-state index in [4.69, 9.17) is 0 Å². The number of hydrogen-bond acceptors (Lipinski definition) is 4. The van der Waals surface area contributed by atoms with Gasteiger partial charge < -0.3 is 5.32 Å². The smallest absolute Gasteiger partial charge is 0.345 e. The van der Waals surface area contributed by atoms with Gasteiger partial charge in [0.2, 0.25) is 0 Å². The lowest BCUT2D eigenvalue weighted by Gasteiger charge is -2.15. The van der Waals surface area contributed by atoms with E-state index in [1.54, 1.807) is 13.8 Å². The third-order valence-electron chi connectivity index (χ3n) is 4.82. The molecule has 3 aromatic rings. The van der Waals surface area contributed by atoms with Crippen LogP contribution in [0.5, 0.6) is 0 Å². The number of rotatable bonds is 5. The summed E-state index contributed by atoms with van der Waals surface area (Å²) in [5.41, 5.74) is 0.981. The molecule has 0 saturated heterocycles. The maximum absolute atomic E-state index is 13.0. The molecule has 0 spiro atoms. The van der Waals surface area contributed by atoms with Crippen molar-refractivity contribution < 1.29 is 26.4 Å². The van der Waals surface area contributed by atoms with Crippen molar-refractivity contribution in [3.63, 3.8) is 0 Å². The summed E-state index contributed by atoms with van der Waals surface area (Å²) < 4.78 is 63.5. The lowest BCUT2D eigenvalue weighted by molar-refractivity contribution is -0.137. The van der Waals surface area contributed by atoms with Crippen LogP contribution in [0.2, 0.25) is 0 Å². The number of aromatic nitrogens is 2. The number of nitrogens with zero attached hydrogens (tertiary/aromatic N) is 2. The minimum Gasteiger partial charge on any atom is -0.345 e. The highest BCUT2D eigenvalue weighted by molar-refractivity contribution is 7.90. The molecule has 0 aliphatic heterocycles. The lowest BCUT2D eigenvalue weighted by atomic mass is 10.1. The lowest BCUT2D eigenvalue weighted by Crippen LogP contribution is -2.27. The van der Waals surface area contributed by atoms with Crippen molar-refractivity contribution in [2.75, 3.05) is 6.26 Å². The fourth-order valence-corrected chi connectivity index (χ4v) is 3.76. The number of carbonyl (C=O) groups excluding carboxylic acids is 1. The van der Waals surface area contributed by atoms with Crippen LogP contribution < -0.4 is 5.32 Å². The van der Waals surface area contributed by atoms with E-state index in [-0.39, 0.29) is 16.1 Å². The topological polar surface area (TPSA) is 81.1 Å². The Hall–Kier alpha value is -3.14. The summed E-state index contributed by atoms with van der Waals surface area (Å²) in [6, 6.07) is 9.88. The molecule has 0 bridgehead atoms. The number of benzene rings is 2. The second-order valence-corrected chi connectivity index (χ2v) is 9.15. The van der Waals surface area contributed by atoms with Gasteiger partial charge in [0, 0.05) is 23.1 Å². The van der Waals surface area contributed by atoms with E-state index in [0.29, 0.717) is 11.3 Å². The molecule has 0 aliphatic carbocycles. The van der Waals surface area contributed by atoms with Gasteiger partial charge in [-0.3, -0.25) is 4.79 Å². The number of halogens is 3. The molecule has 0 aliphatic rings. The second kappa shape index (κ2) is 8.18. The first-order valence-corrected chi connectivity index (χ1v) is 11.1. The maximum Gasteiger partial charge on any atom is 0.416 e. The van der Waals surface area contributed by atoms with Crippen molar-refractivity contribution >= 4 is 15.7 Å². The van der Waals surface area contributed by atoms with Crippen molar-refractivity contribution in [1.29, 1.82) is 0 Å². The molecule has 2 aromatic carbocycles. The SMILES string of the molecule is Cc1c(C(C)NC(=O)c2ccc(S(C)(=O)=O)cc2)cnn1-c1cccc(C(F)(F)F)c1. The Bertz CT molecular complexity index is 1220. The Balaban J connectivity index is 1.80. The molecule has 0 fully saturated rings. The van der Waals surface area contributed by atoms with Gasteiger partial charge in [-0.05, 0) is 56.3 Å². The van der Waals surface area contributed by atoms with E-state index in [1.807, 2.05) is 0 Å². The number of amides is 1. The molecule has 3 rings (SSSR count). The van der Waals surface area contributed by atoms with Crippen molar-refractivity contribution in [3.05, 3.63) is 77.1 Å². The Morgan fingerprint density at radius 1 is 1.13 bits per heavy atom. The van der Waals surface area contributed by atoms with Crippen LogP contribution in [0.4, 0.5) is 13.2 Å². The van der Waals surface area contributed by atoms with E-state index in [9.17, 15) is 26.4 Å². The van der Waals surface area contributed by atoms with Gasteiger partial charge in [-0.2, -0.15) is 18.3 Å². The fourth-order valence-electron chi connectivity index (χ4n) is 3.13. The first-order valence-electron chi connectivity index (χ1n) is 9.21. The van der Waals surface area contributed by atoms with Crippen molar-refractivity contribution in [2.45, 2.75) is 31.0 Å². The van der Waals surface area contributed by atoms with Crippen LogP contribution in [0.3, 0.4) is 0 Å². The summed E-state index contributed by atoms with van der Waals surface area (Å²) in [7, 11) is -3.37. The van der Waals surface area contributed by atoms with Crippen molar-refractivity contribution in [2.24, 2.45) is 0 Å². The largest absolute Gasteiger partial charge is 0.416 e. The molecule has 6 nitrogen and oxygen atoms in total. The molecule has 0 radical (unpaired) electrons. The number of alkyl halides is 3. The summed E-state index contributed by atoms with van der Waals surface area (Å²) in [6.45, 7) is 3.43. The molecule has 1 N–H and O–H groups in total. The van der Waals surface area contributed by atoms with Crippen molar-refractivity contribution in [3.8, 4) is 5.69 Å². The molecule has 1 amide bonds. The molecule has 1 aromatic heterocycles. The van der Waals surface area contributed by atoms with Gasteiger partial charge in [0.15, 0.2) is 9.84 Å². The average molecular weight is 451 g/mol. The zero-order valence-corrected chi connectivity index (χ0v) is 17.8. The molecule has 0 saturated carbocycles. The Kier molecular flexibility index (Phi) is 5.95. The van der Waals surface area contributed by atoms with Gasteiger partial charge in [0.05, 0.1) is 28.4 Å². The summed E-state index contributed by atoms with van der Waals surface area (Å²) in [4.78, 5) is 12.6. The molecule has 164 valence electrons. The predicted molar refractivity (Wildman–Crippen MR) is 109 cm³/mol. The minimum atomic E-state index is -4.46. The number of nitrogens with one attached hydrogen (secondary N) is 1. The highest BCUT2D eigenvalue weighted by Crippen LogP contribution is 2.31. The number of hydrogen-bond donors (Lipinski definition) is 1. The highest BCUT2D eigenvalue weighted by Gasteiger charge is 2.30. The van der Waals surface area contributed by atoms with Gasteiger partial charge in [-0.1, -0.05) is 6.07 Å². The standard InChI is InChI=1S/C21H20F3N3O3S/c1-13(26-20(28)15-7-9-18(10-8-15)31(3,29)30)19-12-25-27(14(19)2)17-6-4-5-16(11-17)21(22,23)24/h4-13H,1-3H3,(H,26,28). The zero-order valence-electron chi connectivity index (χ0n) is 16.9. The van der Waals surface area contributed by atoms with Gasteiger partial charge in [0.1, 0.15) is 0 Å². The van der Waals surface area contributed by atoms with Crippen LogP contribution in [0.15, 0.2) is 59.6 Å².